The fourth-order valence-electron chi connectivity index (χ4n) is 3.85. The van der Waals surface area contributed by atoms with Gasteiger partial charge in [0.2, 0.25) is 5.91 Å². The predicted molar refractivity (Wildman–Crippen MR) is 130 cm³/mol. The van der Waals surface area contributed by atoms with Crippen molar-refractivity contribution in [2.75, 3.05) is 5.75 Å². The number of rotatable bonds is 8. The molecule has 1 saturated heterocycles. The Balaban J connectivity index is 1.54. The van der Waals surface area contributed by atoms with Gasteiger partial charge in [-0.15, -0.1) is 0 Å². The SMILES string of the molecule is CC(=O)NCc1ccc(C2OC(CSc3ncccn3)C(C)C(c3ccc(CO)cc3)O2)cc1. The number of benzene rings is 2. The second-order valence-corrected chi connectivity index (χ2v) is 9.30. The molecule has 0 saturated carbocycles. The molecule has 3 aromatic rings. The van der Waals surface area contributed by atoms with Gasteiger partial charge in [-0.1, -0.05) is 67.2 Å². The molecule has 4 rings (SSSR count). The number of aliphatic hydroxyl groups is 1. The number of aliphatic hydroxyl groups excluding tert-OH is 1. The third-order valence-electron chi connectivity index (χ3n) is 5.84. The smallest absolute Gasteiger partial charge is 0.217 e. The fourth-order valence-corrected chi connectivity index (χ4v) is 4.81. The lowest BCUT2D eigenvalue weighted by molar-refractivity contribution is -0.268. The van der Waals surface area contributed by atoms with Crippen LogP contribution in [0.1, 0.15) is 48.5 Å². The van der Waals surface area contributed by atoms with Gasteiger partial charge < -0.3 is 19.9 Å². The van der Waals surface area contributed by atoms with Gasteiger partial charge in [-0.25, -0.2) is 9.97 Å². The number of ether oxygens (including phenoxy) is 2. The van der Waals surface area contributed by atoms with Crippen molar-refractivity contribution in [2.45, 2.75) is 50.7 Å². The molecule has 178 valence electrons. The highest BCUT2D eigenvalue weighted by Gasteiger charge is 2.38. The molecule has 0 spiro atoms. The minimum Gasteiger partial charge on any atom is -0.392 e. The van der Waals surface area contributed by atoms with Gasteiger partial charge in [0, 0.05) is 43.1 Å². The fraction of sp³-hybridized carbons (Fsp3) is 0.346. The van der Waals surface area contributed by atoms with Crippen molar-refractivity contribution >= 4 is 17.7 Å². The summed E-state index contributed by atoms with van der Waals surface area (Å²) in [6.07, 6.45) is 2.68. The van der Waals surface area contributed by atoms with E-state index in [4.69, 9.17) is 9.47 Å². The standard InChI is InChI=1S/C26H29N3O4S/c1-17-23(16-34-26-27-12-3-13-28-26)32-25(22-10-4-19(5-11-22)14-29-18(2)31)33-24(17)21-8-6-20(15-30)7-9-21/h3-13,17,23-25,30H,14-16H2,1-2H3,(H,29,31). The lowest BCUT2D eigenvalue weighted by atomic mass is 9.91. The Morgan fingerprint density at radius 1 is 1.00 bits per heavy atom. The molecule has 0 radical (unpaired) electrons. The van der Waals surface area contributed by atoms with E-state index in [9.17, 15) is 9.90 Å². The summed E-state index contributed by atoms with van der Waals surface area (Å²) in [7, 11) is 0. The highest BCUT2D eigenvalue weighted by Crippen LogP contribution is 2.42. The van der Waals surface area contributed by atoms with Crippen molar-refractivity contribution in [3.05, 3.63) is 89.2 Å². The first-order valence-corrected chi connectivity index (χ1v) is 12.3. The zero-order chi connectivity index (χ0) is 23.9. The summed E-state index contributed by atoms with van der Waals surface area (Å²) < 4.78 is 12.9. The second-order valence-electron chi connectivity index (χ2n) is 8.32. The summed E-state index contributed by atoms with van der Waals surface area (Å²) >= 11 is 1.57. The predicted octanol–water partition coefficient (Wildman–Crippen LogP) is 4.19. The first-order valence-electron chi connectivity index (χ1n) is 11.3. The lowest BCUT2D eigenvalue weighted by Gasteiger charge is -2.41. The molecular formula is C26H29N3O4S. The van der Waals surface area contributed by atoms with Crippen LogP contribution in [0.5, 0.6) is 0 Å². The molecule has 7 nitrogen and oxygen atoms in total. The maximum Gasteiger partial charge on any atom is 0.217 e. The zero-order valence-electron chi connectivity index (χ0n) is 19.3. The van der Waals surface area contributed by atoms with Crippen molar-refractivity contribution < 1.29 is 19.4 Å². The van der Waals surface area contributed by atoms with Crippen LogP contribution in [0.4, 0.5) is 0 Å². The van der Waals surface area contributed by atoms with Crippen molar-refractivity contribution in [2.24, 2.45) is 5.92 Å². The highest BCUT2D eigenvalue weighted by atomic mass is 32.2. The molecule has 2 aromatic carbocycles. The van der Waals surface area contributed by atoms with Crippen molar-refractivity contribution in [1.82, 2.24) is 15.3 Å². The molecule has 1 amide bonds. The number of hydrogen-bond donors (Lipinski definition) is 2. The topological polar surface area (TPSA) is 93.6 Å². The van der Waals surface area contributed by atoms with Crippen LogP contribution in [0.2, 0.25) is 0 Å². The number of hydrogen-bond acceptors (Lipinski definition) is 7. The number of amides is 1. The van der Waals surface area contributed by atoms with Crippen molar-refractivity contribution in [3.63, 3.8) is 0 Å². The molecule has 0 bridgehead atoms. The molecule has 8 heteroatoms. The van der Waals surface area contributed by atoms with E-state index >= 15 is 0 Å². The molecule has 4 unspecified atom stereocenters. The van der Waals surface area contributed by atoms with Gasteiger partial charge in [0.1, 0.15) is 0 Å². The summed E-state index contributed by atoms with van der Waals surface area (Å²) in [5.74, 6) is 0.720. The number of aromatic nitrogens is 2. The van der Waals surface area contributed by atoms with Gasteiger partial charge >= 0.3 is 0 Å². The van der Waals surface area contributed by atoms with Crippen LogP contribution in [-0.4, -0.2) is 32.8 Å². The Morgan fingerprint density at radius 2 is 1.65 bits per heavy atom. The van der Waals surface area contributed by atoms with Gasteiger partial charge in [-0.2, -0.15) is 0 Å². The Morgan fingerprint density at radius 3 is 2.29 bits per heavy atom. The van der Waals surface area contributed by atoms with Gasteiger partial charge in [0.15, 0.2) is 11.4 Å². The van der Waals surface area contributed by atoms with Crippen LogP contribution in [0, 0.1) is 5.92 Å². The number of thioether (sulfide) groups is 1. The van der Waals surface area contributed by atoms with Crippen molar-refractivity contribution in [3.8, 4) is 0 Å². The largest absolute Gasteiger partial charge is 0.392 e. The summed E-state index contributed by atoms with van der Waals surface area (Å²) in [5, 5.41) is 12.9. The van der Waals surface area contributed by atoms with Crippen LogP contribution in [-0.2, 0) is 27.4 Å². The van der Waals surface area contributed by atoms with E-state index in [-0.39, 0.29) is 30.6 Å². The van der Waals surface area contributed by atoms with E-state index in [0.29, 0.717) is 17.5 Å². The second kappa shape index (κ2) is 11.6. The molecule has 2 N–H and O–H groups in total. The molecule has 34 heavy (non-hydrogen) atoms. The summed E-state index contributed by atoms with van der Waals surface area (Å²) in [4.78, 5) is 19.8. The van der Waals surface area contributed by atoms with Gasteiger partial charge in [0.25, 0.3) is 0 Å². The lowest BCUT2D eigenvalue weighted by Crippen LogP contribution is -2.38. The normalized spacial score (nSPS) is 22.3. The third-order valence-corrected chi connectivity index (χ3v) is 6.80. The zero-order valence-corrected chi connectivity index (χ0v) is 20.1. The molecule has 4 atom stereocenters. The van der Waals surface area contributed by atoms with Crippen LogP contribution >= 0.6 is 11.8 Å². The van der Waals surface area contributed by atoms with Crippen molar-refractivity contribution in [1.29, 1.82) is 0 Å². The molecule has 1 aromatic heterocycles. The maximum absolute atomic E-state index is 11.2. The minimum atomic E-state index is -0.532. The highest BCUT2D eigenvalue weighted by molar-refractivity contribution is 7.99. The number of carbonyl (C=O) groups is 1. The van der Waals surface area contributed by atoms with E-state index in [2.05, 4.69) is 22.2 Å². The first-order chi connectivity index (χ1) is 16.5. The summed E-state index contributed by atoms with van der Waals surface area (Å²) in [6.45, 7) is 4.13. The van der Waals surface area contributed by atoms with Crippen LogP contribution < -0.4 is 5.32 Å². The van der Waals surface area contributed by atoms with Gasteiger partial charge in [-0.3, -0.25) is 4.79 Å². The van der Waals surface area contributed by atoms with Gasteiger partial charge in [0.05, 0.1) is 18.8 Å². The van der Waals surface area contributed by atoms with E-state index < -0.39 is 6.29 Å². The number of nitrogens with one attached hydrogen (secondary N) is 1. The van der Waals surface area contributed by atoms with E-state index in [1.165, 1.54) is 6.92 Å². The van der Waals surface area contributed by atoms with E-state index in [1.54, 1.807) is 30.2 Å². The number of carbonyl (C=O) groups excluding carboxylic acids is 1. The van der Waals surface area contributed by atoms with E-state index in [0.717, 1.165) is 22.3 Å². The first kappa shape index (κ1) is 24.3. The van der Waals surface area contributed by atoms with E-state index in [1.807, 2.05) is 48.5 Å². The third kappa shape index (κ3) is 6.21. The minimum absolute atomic E-state index is 0.00820. The van der Waals surface area contributed by atoms with Crippen LogP contribution in [0.25, 0.3) is 0 Å². The Kier molecular flexibility index (Phi) is 8.29. The number of nitrogens with zero attached hydrogens (tertiary/aromatic N) is 2. The van der Waals surface area contributed by atoms with Crippen LogP contribution in [0.15, 0.2) is 72.1 Å². The van der Waals surface area contributed by atoms with Gasteiger partial charge in [-0.05, 0) is 22.8 Å². The molecule has 1 fully saturated rings. The molecule has 1 aliphatic rings. The van der Waals surface area contributed by atoms with Crippen LogP contribution in [0.3, 0.4) is 0 Å². The molecule has 1 aliphatic heterocycles. The average molecular weight is 480 g/mol. The molecule has 0 aliphatic carbocycles. The quantitative estimate of drug-likeness (QED) is 0.370. The summed E-state index contributed by atoms with van der Waals surface area (Å²) in [5.41, 5.74) is 3.84. The molecular weight excluding hydrogens is 450 g/mol. The molecule has 2 heterocycles. The Hall–Kier alpha value is -2.78. The monoisotopic (exact) mass is 479 g/mol. The average Bonchev–Trinajstić information content (AvgIpc) is 2.88. The summed E-state index contributed by atoms with van der Waals surface area (Å²) in [6, 6.07) is 17.6. The maximum atomic E-state index is 11.2. The Bertz CT molecular complexity index is 1060. The Labute approximate surface area is 203 Å².